The SMILES string of the molecule is C=CCNC(=O)CC(=O)N1CCN(c2ncccn2)CC1. The number of carbonyl (C=O) groups is 2. The third-order valence-electron chi connectivity index (χ3n) is 3.22. The highest BCUT2D eigenvalue weighted by Gasteiger charge is 2.23. The Bertz CT molecular complexity index is 497. The van der Waals surface area contributed by atoms with E-state index in [1.54, 1.807) is 29.4 Å². The van der Waals surface area contributed by atoms with Gasteiger partial charge in [-0.05, 0) is 6.07 Å². The lowest BCUT2D eigenvalue weighted by Gasteiger charge is -2.34. The van der Waals surface area contributed by atoms with Crippen molar-refractivity contribution in [2.75, 3.05) is 37.6 Å². The van der Waals surface area contributed by atoms with Crippen molar-refractivity contribution in [2.24, 2.45) is 0 Å². The van der Waals surface area contributed by atoms with E-state index in [0.717, 1.165) is 0 Å². The summed E-state index contributed by atoms with van der Waals surface area (Å²) in [5.41, 5.74) is 0. The van der Waals surface area contributed by atoms with Crippen LogP contribution in [0.15, 0.2) is 31.1 Å². The van der Waals surface area contributed by atoms with Crippen LogP contribution >= 0.6 is 0 Å². The number of carbonyl (C=O) groups excluding carboxylic acids is 2. The number of hydrogen-bond acceptors (Lipinski definition) is 5. The van der Waals surface area contributed by atoms with Crippen molar-refractivity contribution in [1.82, 2.24) is 20.2 Å². The fraction of sp³-hybridized carbons (Fsp3) is 0.429. The molecule has 0 saturated carbocycles. The average molecular weight is 289 g/mol. The van der Waals surface area contributed by atoms with Gasteiger partial charge in [-0.15, -0.1) is 6.58 Å². The van der Waals surface area contributed by atoms with Gasteiger partial charge in [0.1, 0.15) is 6.42 Å². The number of nitrogens with one attached hydrogen (secondary N) is 1. The van der Waals surface area contributed by atoms with Gasteiger partial charge in [-0.2, -0.15) is 0 Å². The maximum atomic E-state index is 12.0. The molecule has 0 aromatic carbocycles. The molecular weight excluding hydrogens is 270 g/mol. The van der Waals surface area contributed by atoms with Crippen LogP contribution in [0.1, 0.15) is 6.42 Å². The molecule has 2 rings (SSSR count). The molecule has 7 heteroatoms. The smallest absolute Gasteiger partial charge is 0.232 e. The van der Waals surface area contributed by atoms with E-state index in [1.807, 2.05) is 4.90 Å². The molecule has 1 aromatic rings. The minimum Gasteiger partial charge on any atom is -0.352 e. The van der Waals surface area contributed by atoms with Crippen molar-refractivity contribution < 1.29 is 9.59 Å². The minimum atomic E-state index is -0.270. The monoisotopic (exact) mass is 289 g/mol. The molecule has 21 heavy (non-hydrogen) atoms. The minimum absolute atomic E-state index is 0.115. The molecular formula is C14H19N5O2. The van der Waals surface area contributed by atoms with Crippen molar-refractivity contribution in [3.8, 4) is 0 Å². The average Bonchev–Trinajstić information content (AvgIpc) is 2.54. The Hall–Kier alpha value is -2.44. The van der Waals surface area contributed by atoms with Gasteiger partial charge in [-0.25, -0.2) is 9.97 Å². The summed E-state index contributed by atoms with van der Waals surface area (Å²) in [6, 6.07) is 1.77. The first-order valence-corrected chi connectivity index (χ1v) is 6.88. The lowest BCUT2D eigenvalue weighted by molar-refractivity contribution is -0.136. The van der Waals surface area contributed by atoms with Crippen LogP contribution < -0.4 is 10.2 Å². The summed E-state index contributed by atoms with van der Waals surface area (Å²) in [5, 5.41) is 2.60. The van der Waals surface area contributed by atoms with E-state index in [4.69, 9.17) is 0 Å². The Morgan fingerprint density at radius 3 is 2.52 bits per heavy atom. The molecule has 0 atom stereocenters. The molecule has 0 radical (unpaired) electrons. The first-order valence-electron chi connectivity index (χ1n) is 6.88. The number of anilines is 1. The number of piperazine rings is 1. The van der Waals surface area contributed by atoms with Crippen LogP contribution in [0.5, 0.6) is 0 Å². The van der Waals surface area contributed by atoms with Gasteiger partial charge in [0.2, 0.25) is 17.8 Å². The molecule has 1 N–H and O–H groups in total. The van der Waals surface area contributed by atoms with Crippen LogP contribution in [0.25, 0.3) is 0 Å². The summed E-state index contributed by atoms with van der Waals surface area (Å²) < 4.78 is 0. The molecule has 1 aliphatic rings. The summed E-state index contributed by atoms with van der Waals surface area (Å²) in [5.74, 6) is 0.257. The van der Waals surface area contributed by atoms with E-state index in [0.29, 0.717) is 38.7 Å². The Morgan fingerprint density at radius 1 is 1.24 bits per heavy atom. The van der Waals surface area contributed by atoms with Gasteiger partial charge in [-0.3, -0.25) is 9.59 Å². The zero-order valence-electron chi connectivity index (χ0n) is 11.9. The maximum absolute atomic E-state index is 12.0. The number of amides is 2. The molecule has 0 aliphatic carbocycles. The standard InChI is InChI=1S/C14H19N5O2/c1-2-4-15-12(20)11-13(21)18-7-9-19(10-8-18)14-16-5-3-6-17-14/h2-3,5-6H,1,4,7-11H2,(H,15,20). The van der Waals surface area contributed by atoms with Gasteiger partial charge >= 0.3 is 0 Å². The van der Waals surface area contributed by atoms with E-state index in [1.165, 1.54) is 0 Å². The van der Waals surface area contributed by atoms with Crippen LogP contribution in [0.3, 0.4) is 0 Å². The van der Waals surface area contributed by atoms with Gasteiger partial charge in [0.05, 0.1) is 0 Å². The molecule has 0 unspecified atom stereocenters. The van der Waals surface area contributed by atoms with Crippen LogP contribution in [-0.4, -0.2) is 59.4 Å². The Kier molecular flexibility index (Phi) is 5.25. The van der Waals surface area contributed by atoms with Gasteiger partial charge in [0, 0.05) is 45.1 Å². The van der Waals surface area contributed by atoms with E-state index in [9.17, 15) is 9.59 Å². The molecule has 1 aliphatic heterocycles. The second-order valence-electron chi connectivity index (χ2n) is 4.69. The molecule has 2 amide bonds. The van der Waals surface area contributed by atoms with E-state index in [-0.39, 0.29) is 18.2 Å². The van der Waals surface area contributed by atoms with Gasteiger partial charge in [-0.1, -0.05) is 6.08 Å². The highest BCUT2D eigenvalue weighted by atomic mass is 16.2. The van der Waals surface area contributed by atoms with Crippen molar-refractivity contribution in [3.05, 3.63) is 31.1 Å². The predicted octanol–water partition coefficient (Wildman–Crippen LogP) is -0.182. The summed E-state index contributed by atoms with van der Waals surface area (Å²) in [6.45, 7) is 6.38. The third kappa shape index (κ3) is 4.27. The summed E-state index contributed by atoms with van der Waals surface area (Å²) in [6.07, 6.45) is 4.87. The summed E-state index contributed by atoms with van der Waals surface area (Å²) in [4.78, 5) is 35.6. The second-order valence-corrected chi connectivity index (χ2v) is 4.69. The van der Waals surface area contributed by atoms with E-state index in [2.05, 4.69) is 21.9 Å². The fourth-order valence-electron chi connectivity index (χ4n) is 2.11. The quantitative estimate of drug-likeness (QED) is 0.601. The van der Waals surface area contributed by atoms with Crippen LogP contribution in [0.4, 0.5) is 5.95 Å². The topological polar surface area (TPSA) is 78.4 Å². The molecule has 1 saturated heterocycles. The molecule has 1 aromatic heterocycles. The molecule has 0 bridgehead atoms. The van der Waals surface area contributed by atoms with Gasteiger partial charge < -0.3 is 15.1 Å². The predicted molar refractivity (Wildman–Crippen MR) is 78.6 cm³/mol. The first kappa shape index (κ1) is 15.0. The largest absolute Gasteiger partial charge is 0.352 e. The lowest BCUT2D eigenvalue weighted by Crippen LogP contribution is -2.50. The molecule has 0 spiro atoms. The highest BCUT2D eigenvalue weighted by molar-refractivity contribution is 5.97. The second kappa shape index (κ2) is 7.37. The molecule has 112 valence electrons. The molecule has 1 fully saturated rings. The van der Waals surface area contributed by atoms with Gasteiger partial charge in [0.15, 0.2) is 0 Å². The van der Waals surface area contributed by atoms with Crippen molar-refractivity contribution in [1.29, 1.82) is 0 Å². The van der Waals surface area contributed by atoms with Gasteiger partial charge in [0.25, 0.3) is 0 Å². The Balaban J connectivity index is 1.79. The zero-order valence-corrected chi connectivity index (χ0v) is 11.9. The first-order chi connectivity index (χ1) is 10.2. The zero-order chi connectivity index (χ0) is 15.1. The number of rotatable bonds is 5. The third-order valence-corrected chi connectivity index (χ3v) is 3.22. The molecule has 7 nitrogen and oxygen atoms in total. The van der Waals surface area contributed by atoms with Crippen LogP contribution in [-0.2, 0) is 9.59 Å². The number of nitrogens with zero attached hydrogens (tertiary/aromatic N) is 4. The Labute approximate surface area is 123 Å². The van der Waals surface area contributed by atoms with Crippen molar-refractivity contribution >= 4 is 17.8 Å². The van der Waals surface area contributed by atoms with Crippen LogP contribution in [0.2, 0.25) is 0 Å². The van der Waals surface area contributed by atoms with Crippen molar-refractivity contribution in [3.63, 3.8) is 0 Å². The number of hydrogen-bond donors (Lipinski definition) is 1. The number of aromatic nitrogens is 2. The summed E-state index contributed by atoms with van der Waals surface area (Å²) >= 11 is 0. The highest BCUT2D eigenvalue weighted by Crippen LogP contribution is 2.10. The normalized spacial score (nSPS) is 14.7. The molecule has 2 heterocycles. The van der Waals surface area contributed by atoms with Crippen molar-refractivity contribution in [2.45, 2.75) is 6.42 Å². The van der Waals surface area contributed by atoms with E-state index >= 15 is 0 Å². The van der Waals surface area contributed by atoms with E-state index < -0.39 is 0 Å². The Morgan fingerprint density at radius 2 is 1.90 bits per heavy atom. The summed E-state index contributed by atoms with van der Waals surface area (Å²) in [7, 11) is 0. The van der Waals surface area contributed by atoms with Crippen LogP contribution in [0, 0.1) is 0 Å². The fourth-order valence-corrected chi connectivity index (χ4v) is 2.11. The lowest BCUT2D eigenvalue weighted by atomic mass is 10.2. The maximum Gasteiger partial charge on any atom is 0.232 e.